The van der Waals surface area contributed by atoms with Crippen LogP contribution in [0, 0.1) is 10.1 Å². The zero-order valence-electron chi connectivity index (χ0n) is 13.5. The minimum atomic E-state index is -0.715. The lowest BCUT2D eigenvalue weighted by atomic mass is 10.3. The van der Waals surface area contributed by atoms with Crippen molar-refractivity contribution in [3.63, 3.8) is 0 Å². The molecule has 25 heavy (non-hydrogen) atoms. The number of furan rings is 1. The maximum atomic E-state index is 12.2. The van der Waals surface area contributed by atoms with Gasteiger partial charge in [-0.1, -0.05) is 11.3 Å². The Morgan fingerprint density at radius 3 is 2.68 bits per heavy atom. The molecule has 0 aliphatic heterocycles. The van der Waals surface area contributed by atoms with E-state index in [9.17, 15) is 14.9 Å². The van der Waals surface area contributed by atoms with Crippen molar-refractivity contribution in [3.05, 3.63) is 44.9 Å². The summed E-state index contributed by atoms with van der Waals surface area (Å²) in [5, 5.41) is 10.6. The summed E-state index contributed by atoms with van der Waals surface area (Å²) in [5.41, 5.74) is 0.755. The molecule has 0 aliphatic carbocycles. The number of aromatic nitrogens is 1. The summed E-state index contributed by atoms with van der Waals surface area (Å²) in [4.78, 5) is 26.5. The lowest BCUT2D eigenvalue weighted by Crippen LogP contribution is -2.13. The van der Waals surface area contributed by atoms with Gasteiger partial charge in [-0.3, -0.25) is 14.9 Å². The van der Waals surface area contributed by atoms with Crippen molar-refractivity contribution in [1.29, 1.82) is 0 Å². The van der Waals surface area contributed by atoms with Crippen LogP contribution in [0.5, 0.6) is 11.5 Å². The van der Waals surface area contributed by atoms with E-state index in [-0.39, 0.29) is 5.76 Å². The van der Waals surface area contributed by atoms with Crippen LogP contribution in [0.1, 0.15) is 10.6 Å². The Morgan fingerprint density at radius 1 is 1.32 bits per heavy atom. The second-order valence-electron chi connectivity index (χ2n) is 4.93. The third-order valence-electron chi connectivity index (χ3n) is 3.47. The number of carbonyl (C=O) groups is 1. The highest BCUT2D eigenvalue weighted by atomic mass is 32.1. The summed E-state index contributed by atoms with van der Waals surface area (Å²) in [6.07, 6.45) is 0. The van der Waals surface area contributed by atoms with E-state index < -0.39 is 16.7 Å². The molecule has 0 unspecified atom stereocenters. The fraction of sp³-hybridized carbons (Fsp3) is 0.200. The molecular weight excluding hydrogens is 350 g/mol. The van der Waals surface area contributed by atoms with Crippen LogP contribution in [0.15, 0.2) is 33.7 Å². The highest BCUT2D eigenvalue weighted by molar-refractivity contribution is 7.16. The van der Waals surface area contributed by atoms with E-state index in [4.69, 9.17) is 13.9 Å². The van der Waals surface area contributed by atoms with Gasteiger partial charge in [0.25, 0.3) is 0 Å². The van der Waals surface area contributed by atoms with Crippen LogP contribution in [-0.4, -0.2) is 29.6 Å². The zero-order chi connectivity index (χ0) is 18.1. The Kier molecular flexibility index (Phi) is 4.28. The minimum Gasteiger partial charge on any atom is -0.497 e. The number of hydrogen-bond donors (Lipinski definition) is 0. The Bertz CT molecular complexity index is 1050. The topological polar surface area (TPSA) is 109 Å². The van der Waals surface area contributed by atoms with Gasteiger partial charge >= 0.3 is 11.8 Å². The maximum absolute atomic E-state index is 12.2. The Balaban J connectivity index is 2.11. The van der Waals surface area contributed by atoms with E-state index in [1.54, 1.807) is 24.8 Å². The number of methoxy groups -OCH3 is 2. The quantitative estimate of drug-likeness (QED) is 0.520. The van der Waals surface area contributed by atoms with E-state index >= 15 is 0 Å². The number of nitrogens with zero attached hydrogens (tertiary/aromatic N) is 3. The molecule has 0 radical (unpaired) electrons. The van der Waals surface area contributed by atoms with Gasteiger partial charge < -0.3 is 18.5 Å². The van der Waals surface area contributed by atoms with Gasteiger partial charge in [0.05, 0.1) is 25.0 Å². The summed E-state index contributed by atoms with van der Waals surface area (Å²) < 4.78 is 18.0. The molecule has 0 atom stereocenters. The monoisotopic (exact) mass is 363 g/mol. The maximum Gasteiger partial charge on any atom is 0.433 e. The number of benzene rings is 1. The van der Waals surface area contributed by atoms with Gasteiger partial charge in [0.1, 0.15) is 21.9 Å². The zero-order valence-corrected chi connectivity index (χ0v) is 14.3. The lowest BCUT2D eigenvalue weighted by molar-refractivity contribution is -0.402. The lowest BCUT2D eigenvalue weighted by Gasteiger charge is -2.06. The number of carbonyl (C=O) groups excluding carboxylic acids is 1. The van der Waals surface area contributed by atoms with Gasteiger partial charge in [-0.05, 0) is 12.1 Å². The van der Waals surface area contributed by atoms with Gasteiger partial charge in [0, 0.05) is 13.1 Å². The van der Waals surface area contributed by atoms with Crippen LogP contribution >= 0.6 is 11.3 Å². The Labute approximate surface area is 144 Å². The van der Waals surface area contributed by atoms with E-state index in [0.29, 0.717) is 16.3 Å². The normalized spacial score (nSPS) is 11.7. The molecule has 3 rings (SSSR count). The highest BCUT2D eigenvalue weighted by Gasteiger charge is 2.18. The standard InChI is InChI=1S/C15H13N3O6S/c1-17-13-10(23-3)6-8(22-2)7-11(13)25-15(17)16-14(19)9-4-5-12(24-9)18(20)21/h4-7H,1-3H3. The number of rotatable bonds is 4. The van der Waals surface area contributed by atoms with Crippen molar-refractivity contribution in [2.24, 2.45) is 12.0 Å². The first kappa shape index (κ1) is 16.7. The van der Waals surface area contributed by atoms with Crippen molar-refractivity contribution in [2.45, 2.75) is 0 Å². The third kappa shape index (κ3) is 2.98. The van der Waals surface area contributed by atoms with Crippen molar-refractivity contribution < 1.29 is 23.6 Å². The average molecular weight is 363 g/mol. The summed E-state index contributed by atoms with van der Waals surface area (Å²) in [6, 6.07) is 5.88. The summed E-state index contributed by atoms with van der Waals surface area (Å²) in [6.45, 7) is 0. The van der Waals surface area contributed by atoms with Crippen molar-refractivity contribution >= 4 is 33.3 Å². The summed E-state index contributed by atoms with van der Waals surface area (Å²) >= 11 is 1.26. The van der Waals surface area contributed by atoms with Gasteiger partial charge in [-0.15, -0.1) is 0 Å². The molecule has 9 nitrogen and oxygen atoms in total. The van der Waals surface area contributed by atoms with Crippen molar-refractivity contribution in [3.8, 4) is 11.5 Å². The largest absolute Gasteiger partial charge is 0.497 e. The molecule has 130 valence electrons. The molecule has 0 saturated heterocycles. The number of ether oxygens (including phenoxy) is 2. The molecule has 0 saturated carbocycles. The fourth-order valence-corrected chi connectivity index (χ4v) is 3.35. The van der Waals surface area contributed by atoms with E-state index in [1.807, 2.05) is 6.07 Å². The molecule has 0 spiro atoms. The van der Waals surface area contributed by atoms with Gasteiger partial charge in [-0.25, -0.2) is 0 Å². The summed E-state index contributed by atoms with van der Waals surface area (Å²) in [5.74, 6) is -0.220. The van der Waals surface area contributed by atoms with Gasteiger partial charge in [0.15, 0.2) is 4.80 Å². The highest BCUT2D eigenvalue weighted by Crippen LogP contribution is 2.32. The van der Waals surface area contributed by atoms with Gasteiger partial charge in [-0.2, -0.15) is 4.99 Å². The van der Waals surface area contributed by atoms with E-state index in [2.05, 4.69) is 4.99 Å². The van der Waals surface area contributed by atoms with Crippen LogP contribution in [0.4, 0.5) is 5.88 Å². The van der Waals surface area contributed by atoms with Crippen LogP contribution < -0.4 is 14.3 Å². The van der Waals surface area contributed by atoms with Crippen LogP contribution in [0.25, 0.3) is 10.2 Å². The molecule has 0 N–H and O–H groups in total. The Hall–Kier alpha value is -3.14. The smallest absolute Gasteiger partial charge is 0.433 e. The second kappa shape index (κ2) is 6.40. The fourth-order valence-electron chi connectivity index (χ4n) is 2.28. The molecular formula is C15H13N3O6S. The van der Waals surface area contributed by atoms with Gasteiger partial charge in [0.2, 0.25) is 5.76 Å². The number of thiazole rings is 1. The number of hydrogen-bond acceptors (Lipinski definition) is 7. The van der Waals surface area contributed by atoms with Crippen molar-refractivity contribution in [1.82, 2.24) is 4.57 Å². The van der Waals surface area contributed by atoms with E-state index in [1.165, 1.54) is 24.5 Å². The van der Waals surface area contributed by atoms with Crippen LogP contribution in [0.2, 0.25) is 0 Å². The molecule has 0 bridgehead atoms. The summed E-state index contributed by atoms with van der Waals surface area (Å²) in [7, 11) is 4.83. The molecule has 2 heterocycles. The predicted molar refractivity (Wildman–Crippen MR) is 89.2 cm³/mol. The Morgan fingerprint density at radius 2 is 2.08 bits per heavy atom. The first-order valence-corrected chi connectivity index (χ1v) is 7.81. The molecule has 0 fully saturated rings. The molecule has 1 aromatic carbocycles. The predicted octanol–water partition coefficient (Wildman–Crippen LogP) is 2.50. The first-order chi connectivity index (χ1) is 11.9. The van der Waals surface area contributed by atoms with Crippen molar-refractivity contribution in [2.75, 3.05) is 14.2 Å². The number of fused-ring (bicyclic) bond motifs is 1. The third-order valence-corrected chi connectivity index (χ3v) is 4.55. The minimum absolute atomic E-state index is 0.200. The number of amides is 1. The van der Waals surface area contributed by atoms with E-state index in [0.717, 1.165) is 16.3 Å². The SMILES string of the molecule is COc1cc(OC)c2c(c1)sc(=NC(=O)c1ccc([N+](=O)[O-])o1)n2C. The number of nitro groups is 1. The van der Waals surface area contributed by atoms with Crippen LogP contribution in [0.3, 0.4) is 0 Å². The molecule has 1 amide bonds. The molecule has 3 aromatic rings. The average Bonchev–Trinajstić information content (AvgIpc) is 3.20. The van der Waals surface area contributed by atoms with Crippen LogP contribution in [-0.2, 0) is 7.05 Å². The molecule has 10 heteroatoms. The molecule has 0 aliphatic rings. The second-order valence-corrected chi connectivity index (χ2v) is 5.94. The number of aryl methyl sites for hydroxylation is 1. The molecule has 2 aromatic heterocycles. The first-order valence-electron chi connectivity index (χ1n) is 6.99.